The summed E-state index contributed by atoms with van der Waals surface area (Å²) in [5.74, 6) is 2.99. The van der Waals surface area contributed by atoms with Crippen molar-refractivity contribution in [2.45, 2.75) is 34.8 Å². The first-order valence-electron chi connectivity index (χ1n) is 4.77. The van der Waals surface area contributed by atoms with Crippen LogP contribution in [0.5, 0.6) is 0 Å². The molecule has 0 spiro atoms. The standard InChI is InChI=1S/C9H16S2Te2/c1-7(13-6-9-3-11-9)4-12-5-8-2-10-8/h7-9H,2-6H2,1H3. The van der Waals surface area contributed by atoms with Crippen LogP contribution >= 0.6 is 23.5 Å². The van der Waals surface area contributed by atoms with Crippen molar-refractivity contribution in [3.63, 3.8) is 0 Å². The molecule has 0 saturated carbocycles. The fourth-order valence-electron chi connectivity index (χ4n) is 1.01. The van der Waals surface area contributed by atoms with E-state index in [0.29, 0.717) is 41.8 Å². The van der Waals surface area contributed by atoms with E-state index in [2.05, 4.69) is 30.4 Å². The fourth-order valence-corrected chi connectivity index (χ4v) is 13.7. The van der Waals surface area contributed by atoms with Crippen molar-refractivity contribution < 1.29 is 0 Å². The second-order valence-electron chi connectivity index (χ2n) is 3.59. The van der Waals surface area contributed by atoms with E-state index in [1.165, 1.54) is 15.5 Å². The van der Waals surface area contributed by atoms with Gasteiger partial charge in [-0.2, -0.15) is 0 Å². The van der Waals surface area contributed by atoms with Crippen molar-refractivity contribution in [1.82, 2.24) is 0 Å². The Balaban J connectivity index is 1.42. The van der Waals surface area contributed by atoms with Gasteiger partial charge >= 0.3 is 112 Å². The average molecular weight is 444 g/mol. The minimum absolute atomic E-state index is 0.407. The molecule has 3 unspecified atom stereocenters. The predicted molar refractivity (Wildman–Crippen MR) is 67.8 cm³/mol. The first-order chi connectivity index (χ1) is 6.34. The summed E-state index contributed by atoms with van der Waals surface area (Å²) in [5, 5.41) is 2.26. The van der Waals surface area contributed by atoms with Crippen molar-refractivity contribution >= 4 is 65.4 Å². The van der Waals surface area contributed by atoms with Gasteiger partial charge in [0.25, 0.3) is 0 Å². The molecule has 2 aliphatic heterocycles. The Morgan fingerprint density at radius 3 is 2.46 bits per heavy atom. The first-order valence-corrected chi connectivity index (χ1v) is 13.2. The van der Waals surface area contributed by atoms with Gasteiger partial charge < -0.3 is 0 Å². The zero-order valence-electron chi connectivity index (χ0n) is 7.90. The molecule has 3 atom stereocenters. The predicted octanol–water partition coefficient (Wildman–Crippen LogP) is 2.69. The van der Waals surface area contributed by atoms with Crippen LogP contribution in [0.15, 0.2) is 0 Å². The van der Waals surface area contributed by atoms with E-state index in [0.717, 1.165) is 10.5 Å². The van der Waals surface area contributed by atoms with E-state index in [9.17, 15) is 0 Å². The average Bonchev–Trinajstić information content (AvgIpc) is 2.97. The molecule has 13 heavy (non-hydrogen) atoms. The van der Waals surface area contributed by atoms with E-state index in [-0.39, 0.29) is 0 Å². The summed E-state index contributed by atoms with van der Waals surface area (Å²) < 4.78 is 6.13. The van der Waals surface area contributed by atoms with Gasteiger partial charge in [0.15, 0.2) is 0 Å². The summed E-state index contributed by atoms with van der Waals surface area (Å²) in [6, 6.07) is 0. The molecule has 0 aromatic heterocycles. The summed E-state index contributed by atoms with van der Waals surface area (Å²) in [6.45, 7) is 2.53. The zero-order chi connectivity index (χ0) is 9.10. The summed E-state index contributed by atoms with van der Waals surface area (Å²) >= 11 is 5.22. The van der Waals surface area contributed by atoms with Crippen LogP contribution < -0.4 is 0 Å². The van der Waals surface area contributed by atoms with Gasteiger partial charge in [-0.15, -0.1) is 0 Å². The third kappa shape index (κ3) is 5.79. The molecule has 2 saturated heterocycles. The molecule has 2 fully saturated rings. The summed E-state index contributed by atoms with van der Waals surface area (Å²) in [7, 11) is 0. The molecule has 76 valence electrons. The molecule has 0 N–H and O–H groups in total. The van der Waals surface area contributed by atoms with Gasteiger partial charge in [-0.05, 0) is 0 Å². The molecule has 2 aliphatic rings. The van der Waals surface area contributed by atoms with Gasteiger partial charge in [-0.3, -0.25) is 0 Å². The molecule has 0 radical (unpaired) electrons. The van der Waals surface area contributed by atoms with Crippen LogP contribution in [-0.2, 0) is 0 Å². The van der Waals surface area contributed by atoms with Crippen LogP contribution in [0.1, 0.15) is 6.92 Å². The molecule has 0 bridgehead atoms. The molecule has 0 amide bonds. The van der Waals surface area contributed by atoms with Gasteiger partial charge in [-0.25, -0.2) is 0 Å². The van der Waals surface area contributed by atoms with Gasteiger partial charge in [0.2, 0.25) is 0 Å². The van der Waals surface area contributed by atoms with Crippen molar-refractivity contribution in [3.05, 3.63) is 0 Å². The number of rotatable bonds is 7. The van der Waals surface area contributed by atoms with Crippen molar-refractivity contribution in [2.24, 2.45) is 0 Å². The Labute approximate surface area is 110 Å². The Bertz CT molecular complexity index is 158. The molecular weight excluding hydrogens is 427 g/mol. The maximum atomic E-state index is 2.53. The number of hydrogen-bond acceptors (Lipinski definition) is 2. The van der Waals surface area contributed by atoms with Crippen LogP contribution in [0, 0.1) is 0 Å². The summed E-state index contributed by atoms with van der Waals surface area (Å²) in [4.78, 5) is 0. The molecule has 0 aliphatic carbocycles. The molecule has 2 rings (SSSR count). The Morgan fingerprint density at radius 2 is 1.85 bits per heavy atom. The van der Waals surface area contributed by atoms with E-state index < -0.39 is 0 Å². The SMILES string of the molecule is CC(C[Te]CC1CS1)[Te]CC1CS1. The van der Waals surface area contributed by atoms with Crippen LogP contribution in [-0.4, -0.2) is 63.9 Å². The quantitative estimate of drug-likeness (QED) is 0.438. The Kier molecular flexibility index (Phi) is 5.54. The van der Waals surface area contributed by atoms with Crippen LogP contribution in [0.25, 0.3) is 0 Å². The second kappa shape index (κ2) is 6.12. The van der Waals surface area contributed by atoms with Crippen LogP contribution in [0.4, 0.5) is 0 Å². The van der Waals surface area contributed by atoms with Gasteiger partial charge in [0, 0.05) is 0 Å². The molecule has 0 aromatic carbocycles. The van der Waals surface area contributed by atoms with Crippen molar-refractivity contribution in [1.29, 1.82) is 0 Å². The molecule has 0 nitrogen and oxygen atoms in total. The third-order valence-electron chi connectivity index (χ3n) is 2.03. The summed E-state index contributed by atoms with van der Waals surface area (Å²) in [5.41, 5.74) is 0. The van der Waals surface area contributed by atoms with Gasteiger partial charge in [-0.1, -0.05) is 0 Å². The first kappa shape index (κ1) is 11.8. The Hall–Kier alpha value is 2.28. The van der Waals surface area contributed by atoms with E-state index in [1.807, 2.05) is 0 Å². The maximum absolute atomic E-state index is 2.53. The molecule has 4 heteroatoms. The number of thioether (sulfide) groups is 2. The Morgan fingerprint density at radius 1 is 1.23 bits per heavy atom. The number of hydrogen-bond donors (Lipinski definition) is 0. The normalized spacial score (nSPS) is 33.0. The van der Waals surface area contributed by atoms with Crippen molar-refractivity contribution in [3.8, 4) is 0 Å². The molecule has 2 heterocycles. The molecule has 0 aromatic rings. The molecular formula is C9H16S2Te2. The second-order valence-corrected chi connectivity index (χ2v) is 13.5. The minimum atomic E-state index is 0.407. The fraction of sp³-hybridized carbons (Fsp3) is 1.00. The topological polar surface area (TPSA) is 0 Å². The third-order valence-corrected chi connectivity index (χ3v) is 15.0. The monoisotopic (exact) mass is 448 g/mol. The van der Waals surface area contributed by atoms with E-state index in [1.54, 1.807) is 13.4 Å². The van der Waals surface area contributed by atoms with E-state index >= 15 is 0 Å². The summed E-state index contributed by atoms with van der Waals surface area (Å²) in [6.07, 6.45) is 0. The van der Waals surface area contributed by atoms with Crippen LogP contribution in [0.3, 0.4) is 0 Å². The van der Waals surface area contributed by atoms with Crippen LogP contribution in [0.2, 0.25) is 17.4 Å². The van der Waals surface area contributed by atoms with Crippen molar-refractivity contribution in [2.75, 3.05) is 11.5 Å². The van der Waals surface area contributed by atoms with Gasteiger partial charge in [0.1, 0.15) is 0 Å². The van der Waals surface area contributed by atoms with Gasteiger partial charge in [0.05, 0.1) is 0 Å². The zero-order valence-corrected chi connectivity index (χ0v) is 14.2. The van der Waals surface area contributed by atoms with E-state index in [4.69, 9.17) is 0 Å².